The molecule has 2 N–H and O–H groups in total. The molecule has 128 valence electrons. The Balaban J connectivity index is 2.30. The highest BCUT2D eigenvalue weighted by atomic mass is 16.4. The van der Waals surface area contributed by atoms with Crippen molar-refractivity contribution in [3.05, 3.63) is 34.9 Å². The van der Waals surface area contributed by atoms with E-state index < -0.39 is 29.2 Å². The minimum Gasteiger partial charge on any atom is -0.481 e. The van der Waals surface area contributed by atoms with Gasteiger partial charge in [-0.15, -0.1) is 0 Å². The van der Waals surface area contributed by atoms with Gasteiger partial charge < -0.3 is 10.4 Å². The molecule has 7 nitrogen and oxygen atoms in total. The molecule has 0 bridgehead atoms. The Morgan fingerprint density at radius 3 is 2.25 bits per heavy atom. The molecule has 1 heterocycles. The number of carboxylic acids is 1. The second-order valence-electron chi connectivity index (χ2n) is 5.94. The van der Waals surface area contributed by atoms with Gasteiger partial charge in [0.05, 0.1) is 23.1 Å². The van der Waals surface area contributed by atoms with Gasteiger partial charge in [0.15, 0.2) is 0 Å². The predicted octanol–water partition coefficient (Wildman–Crippen LogP) is 1.68. The first-order chi connectivity index (χ1) is 11.2. The van der Waals surface area contributed by atoms with Gasteiger partial charge in [0.25, 0.3) is 17.7 Å². The molecule has 0 radical (unpaired) electrons. The van der Waals surface area contributed by atoms with E-state index in [-0.39, 0.29) is 23.1 Å². The Hall–Kier alpha value is -2.70. The average Bonchev–Trinajstić information content (AvgIpc) is 2.77. The number of nitrogens with one attached hydrogen (secondary N) is 1. The fourth-order valence-electron chi connectivity index (χ4n) is 2.83. The van der Waals surface area contributed by atoms with E-state index in [0.29, 0.717) is 12.8 Å². The lowest BCUT2D eigenvalue weighted by atomic mass is 9.88. The fraction of sp³-hybridized carbons (Fsp3) is 0.412. The predicted molar refractivity (Wildman–Crippen MR) is 85.9 cm³/mol. The van der Waals surface area contributed by atoms with Gasteiger partial charge in [-0.3, -0.25) is 24.1 Å². The van der Waals surface area contributed by atoms with Gasteiger partial charge in [-0.1, -0.05) is 13.8 Å². The summed E-state index contributed by atoms with van der Waals surface area (Å²) in [6, 6.07) is 4.30. The molecule has 0 unspecified atom stereocenters. The van der Waals surface area contributed by atoms with Gasteiger partial charge >= 0.3 is 5.97 Å². The number of nitrogens with zero attached hydrogens (tertiary/aromatic N) is 1. The van der Waals surface area contributed by atoms with Crippen LogP contribution in [0.1, 0.15) is 64.2 Å². The lowest BCUT2D eigenvalue weighted by molar-refractivity contribution is -0.138. The summed E-state index contributed by atoms with van der Waals surface area (Å²) in [5.74, 6) is -2.30. The number of hydrogen-bond acceptors (Lipinski definition) is 4. The topological polar surface area (TPSA) is 104 Å². The molecule has 0 spiro atoms. The van der Waals surface area contributed by atoms with Gasteiger partial charge in [0.2, 0.25) is 0 Å². The molecule has 0 aromatic heterocycles. The van der Waals surface area contributed by atoms with E-state index >= 15 is 0 Å². The number of carbonyl (C=O) groups excluding carboxylic acids is 3. The molecule has 1 aliphatic rings. The molecule has 0 atom stereocenters. The summed E-state index contributed by atoms with van der Waals surface area (Å²) < 4.78 is 0. The first-order valence-corrected chi connectivity index (χ1v) is 7.75. The second-order valence-corrected chi connectivity index (χ2v) is 5.94. The van der Waals surface area contributed by atoms with Gasteiger partial charge in [-0.2, -0.15) is 0 Å². The van der Waals surface area contributed by atoms with Gasteiger partial charge in [-0.25, -0.2) is 0 Å². The quantitative estimate of drug-likeness (QED) is 0.771. The number of carboxylic acid groups (broad SMARTS) is 1. The molecule has 2 rings (SSSR count). The standard InChI is InChI=1S/C17H20N2O5/c1-4-17(5-2,9-13(20)21)18-14(22)10-6-7-11-12(8-10)16(24)19(3)15(11)23/h6-8H,4-5,9H2,1-3H3,(H,18,22)(H,20,21). The lowest BCUT2D eigenvalue weighted by Gasteiger charge is -2.31. The van der Waals surface area contributed by atoms with Crippen LogP contribution in [0.25, 0.3) is 0 Å². The molecular weight excluding hydrogens is 312 g/mol. The molecular formula is C17H20N2O5. The summed E-state index contributed by atoms with van der Waals surface area (Å²) in [5.41, 5.74) is -0.172. The summed E-state index contributed by atoms with van der Waals surface area (Å²) >= 11 is 0. The lowest BCUT2D eigenvalue weighted by Crippen LogP contribution is -2.49. The maximum Gasteiger partial charge on any atom is 0.305 e. The van der Waals surface area contributed by atoms with Crippen molar-refractivity contribution >= 4 is 23.7 Å². The van der Waals surface area contributed by atoms with E-state index in [2.05, 4.69) is 5.32 Å². The third-order valence-electron chi connectivity index (χ3n) is 4.57. The Bertz CT molecular complexity index is 722. The van der Waals surface area contributed by atoms with Crippen molar-refractivity contribution in [2.45, 2.75) is 38.6 Å². The van der Waals surface area contributed by atoms with Crippen molar-refractivity contribution in [2.24, 2.45) is 0 Å². The minimum atomic E-state index is -0.990. The van der Waals surface area contributed by atoms with Crippen LogP contribution in [0.4, 0.5) is 0 Å². The number of benzene rings is 1. The normalized spacial score (nSPS) is 13.9. The van der Waals surface area contributed by atoms with Crippen LogP contribution in [-0.4, -0.2) is 46.3 Å². The highest BCUT2D eigenvalue weighted by Gasteiger charge is 2.35. The number of aliphatic carboxylic acids is 1. The fourth-order valence-corrected chi connectivity index (χ4v) is 2.83. The number of hydrogen-bond donors (Lipinski definition) is 2. The number of imide groups is 1. The zero-order valence-electron chi connectivity index (χ0n) is 13.9. The number of rotatable bonds is 6. The summed E-state index contributed by atoms with van der Waals surface area (Å²) in [4.78, 5) is 48.5. The highest BCUT2D eigenvalue weighted by Crippen LogP contribution is 2.24. The monoisotopic (exact) mass is 332 g/mol. The molecule has 0 saturated carbocycles. The molecule has 0 saturated heterocycles. The zero-order chi connectivity index (χ0) is 18.1. The Morgan fingerprint density at radius 1 is 1.12 bits per heavy atom. The van der Waals surface area contributed by atoms with Crippen LogP contribution >= 0.6 is 0 Å². The number of fused-ring (bicyclic) bond motifs is 1. The Kier molecular flexibility index (Phi) is 4.73. The second kappa shape index (κ2) is 6.43. The molecule has 1 aromatic carbocycles. The van der Waals surface area contributed by atoms with E-state index in [9.17, 15) is 19.2 Å². The van der Waals surface area contributed by atoms with Crippen LogP contribution in [0.5, 0.6) is 0 Å². The van der Waals surface area contributed by atoms with E-state index in [0.717, 1.165) is 4.90 Å². The molecule has 1 aromatic rings. The van der Waals surface area contributed by atoms with E-state index in [1.807, 2.05) is 13.8 Å². The van der Waals surface area contributed by atoms with Crippen molar-refractivity contribution < 1.29 is 24.3 Å². The summed E-state index contributed by atoms with van der Waals surface area (Å²) in [5, 5.41) is 11.9. The maximum atomic E-state index is 12.5. The average molecular weight is 332 g/mol. The van der Waals surface area contributed by atoms with Crippen LogP contribution in [-0.2, 0) is 4.79 Å². The number of carbonyl (C=O) groups is 4. The minimum absolute atomic E-state index is 0.184. The molecule has 7 heteroatoms. The largest absolute Gasteiger partial charge is 0.481 e. The van der Waals surface area contributed by atoms with Gasteiger partial charge in [-0.05, 0) is 31.0 Å². The van der Waals surface area contributed by atoms with Crippen LogP contribution in [0.15, 0.2) is 18.2 Å². The van der Waals surface area contributed by atoms with Crippen molar-refractivity contribution in [3.63, 3.8) is 0 Å². The zero-order valence-corrected chi connectivity index (χ0v) is 13.9. The molecule has 0 fully saturated rings. The van der Waals surface area contributed by atoms with Crippen molar-refractivity contribution in [1.29, 1.82) is 0 Å². The third-order valence-corrected chi connectivity index (χ3v) is 4.57. The van der Waals surface area contributed by atoms with Gasteiger partial charge in [0, 0.05) is 12.6 Å². The van der Waals surface area contributed by atoms with E-state index in [4.69, 9.17) is 5.11 Å². The summed E-state index contributed by atoms with van der Waals surface area (Å²) in [6.07, 6.45) is 0.746. The summed E-state index contributed by atoms with van der Waals surface area (Å²) in [6.45, 7) is 3.62. The Morgan fingerprint density at radius 2 is 1.71 bits per heavy atom. The SMILES string of the molecule is CCC(CC)(CC(=O)O)NC(=O)c1ccc2c(c1)C(=O)N(C)C2=O. The maximum absolute atomic E-state index is 12.5. The Labute approximate surface area is 139 Å². The molecule has 24 heavy (non-hydrogen) atoms. The van der Waals surface area contributed by atoms with Crippen LogP contribution in [0.2, 0.25) is 0 Å². The van der Waals surface area contributed by atoms with E-state index in [1.54, 1.807) is 0 Å². The summed E-state index contributed by atoms with van der Waals surface area (Å²) in [7, 11) is 1.39. The van der Waals surface area contributed by atoms with Crippen molar-refractivity contribution in [2.75, 3.05) is 7.05 Å². The highest BCUT2D eigenvalue weighted by molar-refractivity contribution is 6.21. The third kappa shape index (κ3) is 3.02. The van der Waals surface area contributed by atoms with Crippen LogP contribution in [0, 0.1) is 0 Å². The van der Waals surface area contributed by atoms with E-state index in [1.165, 1.54) is 25.2 Å². The van der Waals surface area contributed by atoms with Crippen LogP contribution < -0.4 is 5.32 Å². The molecule has 0 aliphatic carbocycles. The van der Waals surface area contributed by atoms with Crippen molar-refractivity contribution in [3.8, 4) is 0 Å². The first-order valence-electron chi connectivity index (χ1n) is 7.75. The number of amides is 3. The smallest absolute Gasteiger partial charge is 0.305 e. The van der Waals surface area contributed by atoms with Crippen molar-refractivity contribution in [1.82, 2.24) is 10.2 Å². The molecule has 3 amide bonds. The van der Waals surface area contributed by atoms with Gasteiger partial charge in [0.1, 0.15) is 0 Å². The van der Waals surface area contributed by atoms with Crippen LogP contribution in [0.3, 0.4) is 0 Å². The molecule has 1 aliphatic heterocycles. The first kappa shape index (κ1) is 17.7.